The van der Waals surface area contributed by atoms with Gasteiger partial charge in [0.15, 0.2) is 11.5 Å². The van der Waals surface area contributed by atoms with Gasteiger partial charge in [0, 0.05) is 17.6 Å². The van der Waals surface area contributed by atoms with Crippen LogP contribution in [0.2, 0.25) is 0 Å². The van der Waals surface area contributed by atoms with Crippen molar-refractivity contribution in [3.8, 4) is 11.5 Å². The molecule has 1 aromatic carbocycles. The highest BCUT2D eigenvalue weighted by Crippen LogP contribution is 2.34. The van der Waals surface area contributed by atoms with Crippen LogP contribution in [0.1, 0.15) is 0 Å². The summed E-state index contributed by atoms with van der Waals surface area (Å²) in [5.74, 6) is 1.61. The van der Waals surface area contributed by atoms with Gasteiger partial charge in [0.2, 0.25) is 5.95 Å². The summed E-state index contributed by atoms with van der Waals surface area (Å²) in [6.45, 7) is 0. The second-order valence-electron chi connectivity index (χ2n) is 4.21. The standard InChI is InChI=1S/C13H13N5O2/c1-19-9-3-6-8(4-10(9)20-2)16-5-7-11(6)17-13(15)18-12(7)14/h3-5H,1-2H3,(H4,14,15,17,18). The molecule has 0 amide bonds. The average molecular weight is 271 g/mol. The van der Waals surface area contributed by atoms with Crippen LogP contribution in [-0.4, -0.2) is 29.2 Å². The van der Waals surface area contributed by atoms with E-state index in [4.69, 9.17) is 20.9 Å². The van der Waals surface area contributed by atoms with Crippen LogP contribution in [0, 0.1) is 0 Å². The molecule has 0 spiro atoms. The van der Waals surface area contributed by atoms with Crippen molar-refractivity contribution in [2.24, 2.45) is 0 Å². The number of methoxy groups -OCH3 is 2. The van der Waals surface area contributed by atoms with Gasteiger partial charge in [-0.1, -0.05) is 0 Å². The lowest BCUT2D eigenvalue weighted by Crippen LogP contribution is -2.01. The van der Waals surface area contributed by atoms with Gasteiger partial charge in [-0.3, -0.25) is 4.98 Å². The van der Waals surface area contributed by atoms with E-state index in [1.165, 1.54) is 0 Å². The second-order valence-corrected chi connectivity index (χ2v) is 4.21. The van der Waals surface area contributed by atoms with Crippen LogP contribution in [-0.2, 0) is 0 Å². The summed E-state index contributed by atoms with van der Waals surface area (Å²) in [6, 6.07) is 3.58. The molecule has 2 heterocycles. The summed E-state index contributed by atoms with van der Waals surface area (Å²) < 4.78 is 10.6. The van der Waals surface area contributed by atoms with E-state index < -0.39 is 0 Å². The quantitative estimate of drug-likeness (QED) is 0.677. The molecule has 7 heteroatoms. The van der Waals surface area contributed by atoms with E-state index in [0.29, 0.717) is 33.7 Å². The predicted octanol–water partition coefficient (Wildman–Crippen LogP) is 1.36. The molecule has 0 saturated heterocycles. The zero-order valence-electron chi connectivity index (χ0n) is 11.0. The number of aromatic nitrogens is 3. The Morgan fingerprint density at radius 3 is 2.35 bits per heavy atom. The molecule has 102 valence electrons. The van der Waals surface area contributed by atoms with Crippen LogP contribution >= 0.6 is 0 Å². The Bertz CT molecular complexity index is 819. The molecule has 4 N–H and O–H groups in total. The molecular formula is C13H13N5O2. The van der Waals surface area contributed by atoms with E-state index in [2.05, 4.69) is 15.0 Å². The Hall–Kier alpha value is -2.83. The van der Waals surface area contributed by atoms with E-state index in [9.17, 15) is 0 Å². The van der Waals surface area contributed by atoms with Gasteiger partial charge < -0.3 is 20.9 Å². The molecule has 3 rings (SSSR count). The van der Waals surface area contributed by atoms with Crippen molar-refractivity contribution >= 4 is 33.6 Å². The van der Waals surface area contributed by atoms with Crippen molar-refractivity contribution in [3.63, 3.8) is 0 Å². The van der Waals surface area contributed by atoms with Gasteiger partial charge in [0.05, 0.1) is 30.6 Å². The zero-order chi connectivity index (χ0) is 14.3. The monoisotopic (exact) mass is 271 g/mol. The highest BCUT2D eigenvalue weighted by Gasteiger charge is 2.12. The van der Waals surface area contributed by atoms with Crippen molar-refractivity contribution in [3.05, 3.63) is 18.3 Å². The van der Waals surface area contributed by atoms with Gasteiger partial charge in [-0.25, -0.2) is 4.98 Å². The third kappa shape index (κ3) is 1.71. The molecule has 0 unspecified atom stereocenters. The number of ether oxygens (including phenoxy) is 2. The lowest BCUT2D eigenvalue weighted by Gasteiger charge is -2.10. The van der Waals surface area contributed by atoms with Crippen molar-refractivity contribution < 1.29 is 9.47 Å². The zero-order valence-corrected chi connectivity index (χ0v) is 11.0. The minimum Gasteiger partial charge on any atom is -0.493 e. The van der Waals surface area contributed by atoms with E-state index in [1.807, 2.05) is 0 Å². The van der Waals surface area contributed by atoms with Crippen LogP contribution in [0.4, 0.5) is 11.8 Å². The number of fused-ring (bicyclic) bond motifs is 3. The topological polar surface area (TPSA) is 109 Å². The number of anilines is 2. The molecule has 7 nitrogen and oxygen atoms in total. The molecule has 0 saturated carbocycles. The van der Waals surface area contributed by atoms with Gasteiger partial charge in [0.25, 0.3) is 0 Å². The highest BCUT2D eigenvalue weighted by molar-refractivity contribution is 6.07. The number of benzene rings is 1. The summed E-state index contributed by atoms with van der Waals surface area (Å²) in [5, 5.41) is 1.43. The maximum absolute atomic E-state index is 5.85. The van der Waals surface area contributed by atoms with Crippen molar-refractivity contribution in [1.29, 1.82) is 0 Å². The number of nitrogens with zero attached hydrogens (tertiary/aromatic N) is 3. The first-order valence-electron chi connectivity index (χ1n) is 5.87. The molecule has 0 fully saturated rings. The maximum atomic E-state index is 5.85. The predicted molar refractivity (Wildman–Crippen MR) is 76.8 cm³/mol. The summed E-state index contributed by atoms with van der Waals surface area (Å²) in [6.07, 6.45) is 1.62. The Morgan fingerprint density at radius 1 is 0.950 bits per heavy atom. The summed E-state index contributed by atoms with van der Waals surface area (Å²) in [5.41, 5.74) is 12.9. The molecule has 20 heavy (non-hydrogen) atoms. The van der Waals surface area contributed by atoms with Crippen LogP contribution in [0.25, 0.3) is 21.8 Å². The van der Waals surface area contributed by atoms with Gasteiger partial charge in [-0.15, -0.1) is 0 Å². The van der Waals surface area contributed by atoms with Crippen LogP contribution < -0.4 is 20.9 Å². The van der Waals surface area contributed by atoms with Gasteiger partial charge in [-0.2, -0.15) is 4.98 Å². The minimum atomic E-state index is 0.122. The molecule has 0 aliphatic rings. The van der Waals surface area contributed by atoms with E-state index in [0.717, 1.165) is 5.39 Å². The fourth-order valence-corrected chi connectivity index (χ4v) is 2.14. The number of hydrogen-bond acceptors (Lipinski definition) is 7. The molecule has 0 atom stereocenters. The molecule has 2 aromatic heterocycles. The Labute approximate surface area is 114 Å². The van der Waals surface area contributed by atoms with Crippen molar-refractivity contribution in [2.75, 3.05) is 25.7 Å². The third-order valence-corrected chi connectivity index (χ3v) is 3.08. The van der Waals surface area contributed by atoms with Crippen molar-refractivity contribution in [1.82, 2.24) is 15.0 Å². The number of nitrogens with two attached hydrogens (primary N) is 2. The van der Waals surface area contributed by atoms with E-state index in [-0.39, 0.29) is 5.95 Å². The largest absolute Gasteiger partial charge is 0.493 e. The fourth-order valence-electron chi connectivity index (χ4n) is 2.14. The van der Waals surface area contributed by atoms with E-state index in [1.54, 1.807) is 32.5 Å². The summed E-state index contributed by atoms with van der Waals surface area (Å²) in [7, 11) is 3.14. The lowest BCUT2D eigenvalue weighted by atomic mass is 10.1. The number of rotatable bonds is 2. The molecule has 3 aromatic rings. The smallest absolute Gasteiger partial charge is 0.222 e. The third-order valence-electron chi connectivity index (χ3n) is 3.08. The van der Waals surface area contributed by atoms with E-state index >= 15 is 0 Å². The number of nitrogen functional groups attached to an aromatic ring is 2. The maximum Gasteiger partial charge on any atom is 0.222 e. The number of hydrogen-bond donors (Lipinski definition) is 2. The second kappa shape index (κ2) is 4.37. The Kier molecular flexibility index (Phi) is 2.67. The number of pyridine rings is 1. The van der Waals surface area contributed by atoms with Crippen LogP contribution in [0.15, 0.2) is 18.3 Å². The SMILES string of the molecule is COc1cc2ncc3c(N)nc(N)nc3c2cc1OC. The van der Waals surface area contributed by atoms with Gasteiger partial charge in [0.1, 0.15) is 5.82 Å². The molecule has 0 bridgehead atoms. The average Bonchev–Trinajstić information content (AvgIpc) is 2.45. The van der Waals surface area contributed by atoms with Gasteiger partial charge in [-0.05, 0) is 6.07 Å². The highest BCUT2D eigenvalue weighted by atomic mass is 16.5. The summed E-state index contributed by atoms with van der Waals surface area (Å²) >= 11 is 0. The Balaban J connectivity index is 2.46. The molecule has 0 aliphatic heterocycles. The minimum absolute atomic E-state index is 0.122. The van der Waals surface area contributed by atoms with Crippen LogP contribution in [0.3, 0.4) is 0 Å². The van der Waals surface area contributed by atoms with Gasteiger partial charge >= 0.3 is 0 Å². The molecule has 0 aliphatic carbocycles. The lowest BCUT2D eigenvalue weighted by molar-refractivity contribution is 0.356. The Morgan fingerprint density at radius 2 is 1.65 bits per heavy atom. The first kappa shape index (κ1) is 12.2. The first-order chi connectivity index (χ1) is 9.63. The normalized spacial score (nSPS) is 10.9. The molecule has 0 radical (unpaired) electrons. The van der Waals surface area contributed by atoms with Crippen molar-refractivity contribution in [2.45, 2.75) is 0 Å². The summed E-state index contributed by atoms with van der Waals surface area (Å²) in [4.78, 5) is 12.5. The molecular weight excluding hydrogens is 258 g/mol. The fraction of sp³-hybridized carbons (Fsp3) is 0.154. The van der Waals surface area contributed by atoms with Crippen LogP contribution in [0.5, 0.6) is 11.5 Å². The first-order valence-corrected chi connectivity index (χ1v) is 5.87.